The molecule has 5 nitrogen and oxygen atoms in total. The summed E-state index contributed by atoms with van der Waals surface area (Å²) in [7, 11) is 0. The number of aliphatic hydroxyl groups is 1. The predicted octanol–water partition coefficient (Wildman–Crippen LogP) is 3.71. The number of Topliss-reactive ketones (excluding diaryl/α,β-unsaturated/α-hetero) is 1. The molecule has 0 aromatic carbocycles. The Labute approximate surface area is 150 Å². The molecule has 0 fully saturated rings. The van der Waals surface area contributed by atoms with Gasteiger partial charge in [-0.1, -0.05) is 44.1 Å². The molecule has 0 aromatic heterocycles. The first-order valence-electron chi connectivity index (χ1n) is 9.11. The fourth-order valence-corrected chi connectivity index (χ4v) is 2.56. The van der Waals surface area contributed by atoms with E-state index in [0.717, 1.165) is 25.5 Å². The summed E-state index contributed by atoms with van der Waals surface area (Å²) in [5.41, 5.74) is 0. The van der Waals surface area contributed by atoms with Gasteiger partial charge in [-0.2, -0.15) is 0 Å². The number of carbonyl (C=O) groups excluding carboxylic acids is 2. The Morgan fingerprint density at radius 1 is 1.08 bits per heavy atom. The van der Waals surface area contributed by atoms with E-state index in [9.17, 15) is 19.5 Å². The van der Waals surface area contributed by atoms with E-state index in [4.69, 9.17) is 5.11 Å². The van der Waals surface area contributed by atoms with Crippen LogP contribution in [0.4, 0.5) is 0 Å². The zero-order valence-electron chi connectivity index (χ0n) is 15.4. The second kappa shape index (κ2) is 14.6. The quantitative estimate of drug-likeness (QED) is 0.266. The van der Waals surface area contributed by atoms with Gasteiger partial charge < -0.3 is 15.0 Å². The third-order valence-corrected chi connectivity index (χ3v) is 4.09. The van der Waals surface area contributed by atoms with Crippen LogP contribution in [-0.4, -0.2) is 34.4 Å². The van der Waals surface area contributed by atoms with Crippen molar-refractivity contribution in [3.05, 3.63) is 24.3 Å². The molecule has 0 aliphatic rings. The number of unbranched alkanes of at least 4 members (excludes halogenated alkanes) is 3. The molecule has 0 aliphatic carbocycles. The molecule has 0 unspecified atom stereocenters. The number of allylic oxidation sites excluding steroid dienone is 3. The van der Waals surface area contributed by atoms with Crippen LogP contribution in [0.25, 0.3) is 0 Å². The van der Waals surface area contributed by atoms with Crippen molar-refractivity contribution in [3.63, 3.8) is 0 Å². The van der Waals surface area contributed by atoms with Gasteiger partial charge in [0.05, 0.1) is 6.10 Å². The van der Waals surface area contributed by atoms with Crippen molar-refractivity contribution in [2.75, 3.05) is 0 Å². The third-order valence-electron chi connectivity index (χ3n) is 4.09. The number of aliphatic carboxylic acids is 1. The van der Waals surface area contributed by atoms with Crippen molar-refractivity contribution < 1.29 is 24.6 Å². The third kappa shape index (κ3) is 12.3. The molecule has 5 heteroatoms. The van der Waals surface area contributed by atoms with Crippen molar-refractivity contribution in [1.82, 2.24) is 0 Å². The lowest BCUT2D eigenvalue weighted by atomic mass is 9.86. The summed E-state index contributed by atoms with van der Waals surface area (Å²) < 4.78 is 0. The highest BCUT2D eigenvalue weighted by molar-refractivity contribution is 5.83. The lowest BCUT2D eigenvalue weighted by Crippen LogP contribution is -2.21. The van der Waals surface area contributed by atoms with Gasteiger partial charge in [0.25, 0.3) is 0 Å². The molecule has 0 saturated heterocycles. The Kier molecular flexibility index (Phi) is 13.6. The maximum absolute atomic E-state index is 11.8. The normalized spacial score (nSPS) is 15.3. The summed E-state index contributed by atoms with van der Waals surface area (Å²) in [5, 5.41) is 18.4. The molecule has 0 radical (unpaired) electrons. The van der Waals surface area contributed by atoms with E-state index < -0.39 is 23.9 Å². The molecule has 3 atom stereocenters. The minimum atomic E-state index is -0.899. The molecule has 0 aliphatic heterocycles. The first-order valence-corrected chi connectivity index (χ1v) is 9.11. The van der Waals surface area contributed by atoms with E-state index in [1.807, 2.05) is 12.2 Å². The molecule has 0 bridgehead atoms. The highest BCUT2D eigenvalue weighted by Crippen LogP contribution is 2.19. The minimum Gasteiger partial charge on any atom is -0.481 e. The van der Waals surface area contributed by atoms with Crippen LogP contribution in [0.1, 0.15) is 65.2 Å². The maximum atomic E-state index is 11.8. The number of ketones is 1. The molecule has 0 amide bonds. The summed E-state index contributed by atoms with van der Waals surface area (Å²) in [5.74, 6) is -2.02. The fourth-order valence-electron chi connectivity index (χ4n) is 2.56. The van der Waals surface area contributed by atoms with Gasteiger partial charge in [-0.15, -0.1) is 0 Å². The van der Waals surface area contributed by atoms with Gasteiger partial charge in [0.2, 0.25) is 0 Å². The highest BCUT2D eigenvalue weighted by Gasteiger charge is 2.22. The van der Waals surface area contributed by atoms with E-state index in [1.54, 1.807) is 6.08 Å². The fraction of sp³-hybridized carbons (Fsp3) is 0.650. The molecule has 0 heterocycles. The van der Waals surface area contributed by atoms with Crippen LogP contribution < -0.4 is 0 Å². The van der Waals surface area contributed by atoms with Gasteiger partial charge in [0, 0.05) is 18.3 Å². The lowest BCUT2D eigenvalue weighted by Gasteiger charge is -2.16. The Morgan fingerprint density at radius 2 is 1.80 bits per heavy atom. The average molecular weight is 352 g/mol. The van der Waals surface area contributed by atoms with Gasteiger partial charge in [0.15, 0.2) is 0 Å². The Balaban J connectivity index is 4.55. The number of carboxylic acid groups (broad SMARTS) is 1. The molecule has 0 saturated carbocycles. The van der Waals surface area contributed by atoms with E-state index >= 15 is 0 Å². The topological polar surface area (TPSA) is 91.7 Å². The minimum absolute atomic E-state index is 0.000819. The van der Waals surface area contributed by atoms with Crippen LogP contribution >= 0.6 is 0 Å². The smallest absolute Gasteiger partial charge is 0.303 e. The average Bonchev–Trinajstić information content (AvgIpc) is 2.55. The molecule has 2 N–H and O–H groups in total. The maximum Gasteiger partial charge on any atom is 0.303 e. The Morgan fingerprint density at radius 3 is 2.36 bits per heavy atom. The van der Waals surface area contributed by atoms with Crippen LogP contribution in [0.5, 0.6) is 0 Å². The number of carbonyl (C=O) groups is 3. The van der Waals surface area contributed by atoms with Crippen LogP contribution in [0.3, 0.4) is 0 Å². The lowest BCUT2D eigenvalue weighted by molar-refractivity contribution is -0.137. The number of hydrogen-bond donors (Lipinski definition) is 2. The van der Waals surface area contributed by atoms with Gasteiger partial charge in [-0.25, -0.2) is 0 Å². The van der Waals surface area contributed by atoms with E-state index in [0.29, 0.717) is 19.3 Å². The van der Waals surface area contributed by atoms with E-state index in [2.05, 4.69) is 6.92 Å². The second-order valence-corrected chi connectivity index (χ2v) is 6.38. The number of aldehydes is 1. The molecule has 0 spiro atoms. The number of carboxylic acids is 1. The number of aliphatic hydroxyl groups excluding tert-OH is 1. The van der Waals surface area contributed by atoms with Crippen molar-refractivity contribution in [2.45, 2.75) is 71.3 Å². The van der Waals surface area contributed by atoms with Crippen molar-refractivity contribution in [1.29, 1.82) is 0 Å². The molecule has 0 rings (SSSR count). The second-order valence-electron chi connectivity index (χ2n) is 6.38. The largest absolute Gasteiger partial charge is 0.481 e. The van der Waals surface area contributed by atoms with Crippen LogP contribution in [0.15, 0.2) is 24.3 Å². The zero-order valence-corrected chi connectivity index (χ0v) is 15.4. The van der Waals surface area contributed by atoms with Gasteiger partial charge in [-0.05, 0) is 39.0 Å². The molecule has 142 valence electrons. The van der Waals surface area contributed by atoms with Gasteiger partial charge >= 0.3 is 5.97 Å². The van der Waals surface area contributed by atoms with Crippen LogP contribution in [0, 0.1) is 11.8 Å². The Hall–Kier alpha value is -1.75. The predicted molar refractivity (Wildman–Crippen MR) is 98.3 cm³/mol. The summed E-state index contributed by atoms with van der Waals surface area (Å²) in [6.07, 6.45) is 12.7. The first-order chi connectivity index (χ1) is 11.9. The monoisotopic (exact) mass is 352 g/mol. The van der Waals surface area contributed by atoms with E-state index in [-0.39, 0.29) is 12.2 Å². The first kappa shape index (κ1) is 23.2. The van der Waals surface area contributed by atoms with Crippen LogP contribution in [0.2, 0.25) is 0 Å². The van der Waals surface area contributed by atoms with Crippen LogP contribution in [-0.2, 0) is 14.4 Å². The van der Waals surface area contributed by atoms with Gasteiger partial charge in [0.1, 0.15) is 12.1 Å². The highest BCUT2D eigenvalue weighted by atomic mass is 16.4. The van der Waals surface area contributed by atoms with E-state index in [1.165, 1.54) is 19.4 Å². The Bertz CT molecular complexity index is 453. The summed E-state index contributed by atoms with van der Waals surface area (Å²) >= 11 is 0. The number of hydrogen-bond acceptors (Lipinski definition) is 4. The molecular weight excluding hydrogens is 320 g/mol. The summed E-state index contributed by atoms with van der Waals surface area (Å²) in [6, 6.07) is 0. The van der Waals surface area contributed by atoms with Crippen molar-refractivity contribution in [2.24, 2.45) is 11.8 Å². The van der Waals surface area contributed by atoms with Crippen molar-refractivity contribution >= 4 is 18.0 Å². The van der Waals surface area contributed by atoms with Crippen molar-refractivity contribution in [3.8, 4) is 0 Å². The summed E-state index contributed by atoms with van der Waals surface area (Å²) in [6.45, 7) is 3.58. The zero-order chi connectivity index (χ0) is 19.1. The van der Waals surface area contributed by atoms with Gasteiger partial charge in [-0.3, -0.25) is 9.59 Å². The number of rotatable bonds is 15. The standard InChI is InChI=1S/C20H32O5/c1-3-4-5-6-7-8-10-17(15-21)19(16(2)22)14-13-18(23)11-9-12-20(24)25/h7-8,13-15,17-19,23H,3-6,9-12H2,1-2H3,(H,24,25)/b8-7-,14-13+/t17-,18-,19+/m0/s1. The molecule has 25 heavy (non-hydrogen) atoms. The SMILES string of the molecule is CCCCC/C=C\C[C@@H](C=O)[C@H](/C=C/[C@@H](O)CCCC(=O)O)C(C)=O. The molecule has 0 aromatic rings. The molecular formula is C20H32O5. The summed E-state index contributed by atoms with van der Waals surface area (Å²) in [4.78, 5) is 33.7.